The average molecular weight is 475 g/mol. The first-order chi connectivity index (χ1) is 16.9. The lowest BCUT2D eigenvalue weighted by Crippen LogP contribution is -2.41. The summed E-state index contributed by atoms with van der Waals surface area (Å²) < 4.78 is 11.5. The van der Waals surface area contributed by atoms with E-state index in [1.54, 1.807) is 29.2 Å². The monoisotopic (exact) mass is 474 g/mol. The zero-order chi connectivity index (χ0) is 24.6. The predicted octanol–water partition coefficient (Wildman–Crippen LogP) is 4.90. The van der Waals surface area contributed by atoms with Crippen LogP contribution in [0.4, 0.5) is 4.79 Å². The largest absolute Gasteiger partial charge is 0.493 e. The summed E-state index contributed by atoms with van der Waals surface area (Å²) in [6.07, 6.45) is 3.91. The van der Waals surface area contributed by atoms with Crippen LogP contribution in [0.25, 0.3) is 0 Å². The van der Waals surface area contributed by atoms with Crippen LogP contribution in [0.3, 0.4) is 0 Å². The number of carboxylic acid groups (broad SMARTS) is 1. The zero-order valence-corrected chi connectivity index (χ0v) is 19.9. The van der Waals surface area contributed by atoms with Crippen molar-refractivity contribution in [2.45, 2.75) is 32.6 Å². The number of aliphatic carboxylic acids is 1. The highest BCUT2D eigenvalue weighted by Gasteiger charge is 2.24. The van der Waals surface area contributed by atoms with Gasteiger partial charge in [-0.15, -0.1) is 0 Å². The second-order valence-electron chi connectivity index (χ2n) is 8.97. The standard InChI is InChI=1S/C28H30N2O5/c1-20-10-13-29-24(16-20)17-21-4-8-26(9-5-21)35-28(33)30-14-11-23(12-15-30)19-34-25-6-2-22(3-7-25)18-27(31)32/h2-10,13,16,23H,11-12,14-15,17-19H2,1H3,(H,31,32). The van der Waals surface area contributed by atoms with Gasteiger partial charge in [-0.3, -0.25) is 9.78 Å². The molecule has 0 atom stereocenters. The van der Waals surface area contributed by atoms with Crippen LogP contribution in [0.15, 0.2) is 66.9 Å². The van der Waals surface area contributed by atoms with E-state index < -0.39 is 5.97 Å². The van der Waals surface area contributed by atoms with Gasteiger partial charge in [-0.2, -0.15) is 0 Å². The van der Waals surface area contributed by atoms with E-state index in [2.05, 4.69) is 11.1 Å². The molecular weight excluding hydrogens is 444 g/mol. The molecule has 7 heteroatoms. The van der Waals surface area contributed by atoms with E-state index in [4.69, 9.17) is 14.6 Å². The summed E-state index contributed by atoms with van der Waals surface area (Å²) in [6, 6.07) is 18.8. The van der Waals surface area contributed by atoms with E-state index in [1.165, 1.54) is 5.56 Å². The fraction of sp³-hybridized carbons (Fsp3) is 0.321. The smallest absolute Gasteiger partial charge is 0.415 e. The lowest BCUT2D eigenvalue weighted by atomic mass is 9.98. The van der Waals surface area contributed by atoms with Crippen molar-refractivity contribution in [3.8, 4) is 11.5 Å². The number of aryl methyl sites for hydroxylation is 1. The molecule has 0 radical (unpaired) electrons. The van der Waals surface area contributed by atoms with E-state index in [1.807, 2.05) is 43.5 Å². The lowest BCUT2D eigenvalue weighted by molar-refractivity contribution is -0.136. The number of carbonyl (C=O) groups is 2. The molecule has 1 saturated heterocycles. The Morgan fingerprint density at radius 2 is 1.63 bits per heavy atom. The molecule has 1 aliphatic heterocycles. The molecular formula is C28H30N2O5. The number of aromatic nitrogens is 1. The van der Waals surface area contributed by atoms with Gasteiger partial charge in [-0.05, 0) is 78.8 Å². The van der Waals surface area contributed by atoms with E-state index in [0.29, 0.717) is 31.4 Å². The molecule has 0 unspecified atom stereocenters. The van der Waals surface area contributed by atoms with E-state index in [0.717, 1.165) is 41.8 Å². The fourth-order valence-electron chi connectivity index (χ4n) is 4.12. The van der Waals surface area contributed by atoms with Gasteiger partial charge in [0.1, 0.15) is 11.5 Å². The van der Waals surface area contributed by atoms with E-state index >= 15 is 0 Å². The van der Waals surface area contributed by atoms with Gasteiger partial charge in [0, 0.05) is 31.4 Å². The molecule has 3 aromatic rings. The molecule has 0 saturated carbocycles. The summed E-state index contributed by atoms with van der Waals surface area (Å²) in [5, 5.41) is 8.85. The molecule has 2 aromatic carbocycles. The molecule has 35 heavy (non-hydrogen) atoms. The zero-order valence-electron chi connectivity index (χ0n) is 19.9. The third kappa shape index (κ3) is 7.30. The first kappa shape index (κ1) is 24.3. The number of likely N-dealkylation sites (tertiary alicyclic amines) is 1. The van der Waals surface area contributed by atoms with Crippen molar-refractivity contribution in [3.05, 3.63) is 89.2 Å². The number of benzene rings is 2. The number of rotatable bonds is 8. The maximum Gasteiger partial charge on any atom is 0.415 e. The van der Waals surface area contributed by atoms with Gasteiger partial charge in [0.05, 0.1) is 13.0 Å². The predicted molar refractivity (Wildman–Crippen MR) is 132 cm³/mol. The van der Waals surface area contributed by atoms with Crippen molar-refractivity contribution >= 4 is 12.1 Å². The van der Waals surface area contributed by atoms with E-state index in [-0.39, 0.29) is 12.5 Å². The summed E-state index contributed by atoms with van der Waals surface area (Å²) in [7, 11) is 0. The number of hydrogen-bond acceptors (Lipinski definition) is 5. The average Bonchev–Trinajstić information content (AvgIpc) is 2.85. The molecule has 7 nitrogen and oxygen atoms in total. The normalized spacial score (nSPS) is 13.9. The van der Waals surface area contributed by atoms with Gasteiger partial charge in [0.2, 0.25) is 0 Å². The van der Waals surface area contributed by atoms with E-state index in [9.17, 15) is 9.59 Å². The SMILES string of the molecule is Cc1ccnc(Cc2ccc(OC(=O)N3CCC(COc4ccc(CC(=O)O)cc4)CC3)cc2)c1. The van der Waals surface area contributed by atoms with Gasteiger partial charge in [0.15, 0.2) is 0 Å². The minimum atomic E-state index is -0.850. The van der Waals surface area contributed by atoms with Crippen LogP contribution >= 0.6 is 0 Å². The summed E-state index contributed by atoms with van der Waals surface area (Å²) >= 11 is 0. The maximum atomic E-state index is 12.6. The Labute approximate surface area is 205 Å². The third-order valence-electron chi connectivity index (χ3n) is 6.12. The van der Waals surface area contributed by atoms with Crippen molar-refractivity contribution in [2.24, 2.45) is 5.92 Å². The van der Waals surface area contributed by atoms with Gasteiger partial charge < -0.3 is 19.5 Å². The number of ether oxygens (including phenoxy) is 2. The van der Waals surface area contributed by atoms with Crippen LogP contribution in [0, 0.1) is 12.8 Å². The third-order valence-corrected chi connectivity index (χ3v) is 6.12. The molecule has 1 fully saturated rings. The minimum absolute atomic E-state index is 0.00384. The molecule has 1 aromatic heterocycles. The summed E-state index contributed by atoms with van der Waals surface area (Å²) in [5.74, 6) is 0.763. The topological polar surface area (TPSA) is 89.0 Å². The number of carbonyl (C=O) groups excluding carboxylic acids is 1. The molecule has 0 bridgehead atoms. The molecule has 1 amide bonds. The molecule has 1 aliphatic rings. The number of pyridine rings is 1. The Kier molecular flexibility index (Phi) is 7.98. The Morgan fingerprint density at radius 1 is 0.971 bits per heavy atom. The summed E-state index contributed by atoms with van der Waals surface area (Å²) in [5.41, 5.74) is 4.05. The molecule has 182 valence electrons. The quantitative estimate of drug-likeness (QED) is 0.500. The van der Waals surface area contributed by atoms with Crippen molar-refractivity contribution in [1.29, 1.82) is 0 Å². The molecule has 1 N–H and O–H groups in total. The first-order valence-corrected chi connectivity index (χ1v) is 11.9. The highest BCUT2D eigenvalue weighted by Crippen LogP contribution is 2.22. The van der Waals surface area contributed by atoms with Crippen molar-refractivity contribution in [1.82, 2.24) is 9.88 Å². The van der Waals surface area contributed by atoms with Crippen molar-refractivity contribution in [2.75, 3.05) is 19.7 Å². The number of carboxylic acids is 1. The number of piperidine rings is 1. The Balaban J connectivity index is 1.19. The van der Waals surface area contributed by atoms with Crippen LogP contribution in [0.5, 0.6) is 11.5 Å². The van der Waals surface area contributed by atoms with Gasteiger partial charge in [0.25, 0.3) is 0 Å². The summed E-state index contributed by atoms with van der Waals surface area (Å²) in [6.45, 7) is 3.87. The molecule has 0 aliphatic carbocycles. The Morgan fingerprint density at radius 3 is 2.29 bits per heavy atom. The maximum absolute atomic E-state index is 12.6. The van der Waals surface area contributed by atoms with Crippen LogP contribution in [0.2, 0.25) is 0 Å². The summed E-state index contributed by atoms with van der Waals surface area (Å²) in [4.78, 5) is 29.5. The number of hydrogen-bond donors (Lipinski definition) is 1. The number of nitrogens with zero attached hydrogens (tertiary/aromatic N) is 2. The highest BCUT2D eigenvalue weighted by molar-refractivity contribution is 5.71. The van der Waals surface area contributed by atoms with Crippen molar-refractivity contribution in [3.63, 3.8) is 0 Å². The Hall–Kier alpha value is -3.87. The van der Waals surface area contributed by atoms with Crippen LogP contribution in [-0.4, -0.2) is 46.7 Å². The van der Waals surface area contributed by atoms with Crippen LogP contribution in [-0.2, 0) is 17.6 Å². The van der Waals surface area contributed by atoms with Crippen LogP contribution < -0.4 is 9.47 Å². The second-order valence-corrected chi connectivity index (χ2v) is 8.97. The van der Waals surface area contributed by atoms with Gasteiger partial charge in [-0.25, -0.2) is 4.79 Å². The fourth-order valence-corrected chi connectivity index (χ4v) is 4.12. The van der Waals surface area contributed by atoms with Crippen LogP contribution in [0.1, 0.15) is 35.2 Å². The van der Waals surface area contributed by atoms with Gasteiger partial charge >= 0.3 is 12.1 Å². The first-order valence-electron chi connectivity index (χ1n) is 11.9. The molecule has 4 rings (SSSR count). The molecule has 0 spiro atoms. The Bertz CT molecular complexity index is 1140. The number of amides is 1. The van der Waals surface area contributed by atoms with Gasteiger partial charge in [-0.1, -0.05) is 24.3 Å². The lowest BCUT2D eigenvalue weighted by Gasteiger charge is -2.31. The molecule has 2 heterocycles. The second kappa shape index (κ2) is 11.5. The minimum Gasteiger partial charge on any atom is -0.493 e. The van der Waals surface area contributed by atoms with Crippen molar-refractivity contribution < 1.29 is 24.2 Å². The highest BCUT2D eigenvalue weighted by atomic mass is 16.6.